The van der Waals surface area contributed by atoms with Crippen LogP contribution in [0.15, 0.2) is 48.0 Å². The Labute approximate surface area is 219 Å². The summed E-state index contributed by atoms with van der Waals surface area (Å²) in [4.78, 5) is 30.0. The molecule has 1 N–H and O–H groups in total. The number of rotatable bonds is 12. The van der Waals surface area contributed by atoms with Gasteiger partial charge in [0.2, 0.25) is 0 Å². The van der Waals surface area contributed by atoms with Crippen molar-refractivity contribution in [3.63, 3.8) is 0 Å². The summed E-state index contributed by atoms with van der Waals surface area (Å²) in [7, 11) is 5.46. The molecular weight excluding hydrogens is 472 g/mol. The van der Waals surface area contributed by atoms with Crippen LogP contribution in [-0.4, -0.2) is 73.6 Å². The van der Waals surface area contributed by atoms with Crippen molar-refractivity contribution in [2.24, 2.45) is 0 Å². The number of benzene rings is 2. The smallest absolute Gasteiger partial charge is 0.295 e. The van der Waals surface area contributed by atoms with Crippen molar-refractivity contribution in [3.8, 4) is 17.2 Å². The number of hydrogen-bond donors (Lipinski definition) is 1. The van der Waals surface area contributed by atoms with Crippen LogP contribution in [0.5, 0.6) is 17.2 Å². The second-order valence-electron chi connectivity index (χ2n) is 9.60. The lowest BCUT2D eigenvalue weighted by Gasteiger charge is -2.26. The molecule has 1 aliphatic heterocycles. The Morgan fingerprint density at radius 1 is 1.08 bits per heavy atom. The van der Waals surface area contributed by atoms with Gasteiger partial charge in [-0.25, -0.2) is 0 Å². The Balaban J connectivity index is 2.08. The van der Waals surface area contributed by atoms with E-state index in [1.165, 1.54) is 4.90 Å². The van der Waals surface area contributed by atoms with E-state index in [0.717, 1.165) is 13.0 Å². The molecule has 1 atom stereocenters. The van der Waals surface area contributed by atoms with E-state index in [1.807, 2.05) is 45.8 Å². The third kappa shape index (κ3) is 6.63. The number of methoxy groups -OCH3 is 1. The highest BCUT2D eigenvalue weighted by molar-refractivity contribution is 6.46. The molecule has 0 saturated carbocycles. The summed E-state index contributed by atoms with van der Waals surface area (Å²) in [5.41, 5.74) is 1.14. The van der Waals surface area contributed by atoms with Crippen LogP contribution < -0.4 is 14.2 Å². The number of amides is 1. The van der Waals surface area contributed by atoms with Gasteiger partial charge in [0, 0.05) is 12.1 Å². The van der Waals surface area contributed by atoms with Crippen LogP contribution in [0, 0.1) is 0 Å². The zero-order valence-electron chi connectivity index (χ0n) is 22.6. The molecule has 0 aliphatic carbocycles. The van der Waals surface area contributed by atoms with Crippen molar-refractivity contribution >= 4 is 17.4 Å². The maximum Gasteiger partial charge on any atom is 0.295 e. The first-order chi connectivity index (χ1) is 17.7. The van der Waals surface area contributed by atoms with Gasteiger partial charge in [0.25, 0.3) is 11.7 Å². The van der Waals surface area contributed by atoms with Gasteiger partial charge in [0.15, 0.2) is 11.5 Å². The third-order valence-electron chi connectivity index (χ3n) is 6.01. The molecule has 1 saturated heterocycles. The Bertz CT molecular complexity index is 1120. The van der Waals surface area contributed by atoms with E-state index in [2.05, 4.69) is 0 Å². The van der Waals surface area contributed by atoms with Crippen LogP contribution in [0.4, 0.5) is 0 Å². The Hall–Kier alpha value is -3.52. The minimum Gasteiger partial charge on any atom is -0.507 e. The molecular formula is C29H38N2O6. The summed E-state index contributed by atoms with van der Waals surface area (Å²) in [6.07, 6.45) is 1.52. The van der Waals surface area contributed by atoms with Gasteiger partial charge in [-0.15, -0.1) is 0 Å². The molecule has 1 amide bonds. The standard InChI is InChI=1S/C29H38N2O6/c1-7-17-36-23-14-11-21(18-24(23)35-6)26-25(28(33)29(34)31(26)16-8-15-30(4)5)27(32)20-9-12-22(13-10-20)37-19(2)3/h9-14,18-19,26,32H,7-8,15-17H2,1-6H3. The van der Waals surface area contributed by atoms with Crippen LogP contribution in [0.25, 0.3) is 5.76 Å². The van der Waals surface area contributed by atoms with Gasteiger partial charge < -0.3 is 29.1 Å². The van der Waals surface area contributed by atoms with Crippen molar-refractivity contribution in [2.75, 3.05) is 40.9 Å². The number of ketones is 1. The van der Waals surface area contributed by atoms with E-state index in [-0.39, 0.29) is 17.4 Å². The molecule has 1 heterocycles. The van der Waals surface area contributed by atoms with Gasteiger partial charge in [0.05, 0.1) is 31.4 Å². The predicted octanol–water partition coefficient (Wildman–Crippen LogP) is 4.64. The zero-order chi connectivity index (χ0) is 27.1. The number of aliphatic hydroxyl groups excluding tert-OH is 1. The van der Waals surface area contributed by atoms with Crippen LogP contribution in [0.3, 0.4) is 0 Å². The van der Waals surface area contributed by atoms with Crippen LogP contribution in [-0.2, 0) is 9.59 Å². The van der Waals surface area contributed by atoms with Gasteiger partial charge in [-0.2, -0.15) is 0 Å². The van der Waals surface area contributed by atoms with E-state index in [9.17, 15) is 14.7 Å². The van der Waals surface area contributed by atoms with Crippen molar-refractivity contribution in [1.82, 2.24) is 9.80 Å². The van der Waals surface area contributed by atoms with Gasteiger partial charge in [-0.1, -0.05) is 13.0 Å². The molecule has 0 spiro atoms. The number of carbonyl (C=O) groups is 2. The predicted molar refractivity (Wildman–Crippen MR) is 143 cm³/mol. The molecule has 2 aromatic carbocycles. The second-order valence-corrected chi connectivity index (χ2v) is 9.60. The molecule has 0 aromatic heterocycles. The molecule has 1 unspecified atom stereocenters. The Morgan fingerprint density at radius 3 is 2.38 bits per heavy atom. The molecule has 0 radical (unpaired) electrons. The number of likely N-dealkylation sites (tertiary alicyclic amines) is 1. The Morgan fingerprint density at radius 2 is 1.78 bits per heavy atom. The summed E-state index contributed by atoms with van der Waals surface area (Å²) in [5.74, 6) is 0.174. The topological polar surface area (TPSA) is 88.5 Å². The number of ether oxygens (including phenoxy) is 3. The summed E-state index contributed by atoms with van der Waals surface area (Å²) < 4.78 is 17.0. The number of nitrogens with zero attached hydrogens (tertiary/aromatic N) is 2. The monoisotopic (exact) mass is 510 g/mol. The fraction of sp³-hybridized carbons (Fsp3) is 0.448. The highest BCUT2D eigenvalue weighted by Crippen LogP contribution is 2.42. The van der Waals surface area contributed by atoms with Gasteiger partial charge in [-0.05, 0) is 89.3 Å². The van der Waals surface area contributed by atoms with Crippen LogP contribution in [0.1, 0.15) is 50.8 Å². The molecule has 8 nitrogen and oxygen atoms in total. The number of Topliss-reactive ketones (excluding diaryl/α,β-unsaturated/α-hetero) is 1. The summed E-state index contributed by atoms with van der Waals surface area (Å²) in [5, 5.41) is 11.3. The average molecular weight is 511 g/mol. The minimum absolute atomic E-state index is 0.00574. The van der Waals surface area contributed by atoms with E-state index in [4.69, 9.17) is 14.2 Å². The Kier molecular flexibility index (Phi) is 9.58. The fourth-order valence-electron chi connectivity index (χ4n) is 4.32. The lowest BCUT2D eigenvalue weighted by Crippen LogP contribution is -2.32. The second kappa shape index (κ2) is 12.6. The van der Waals surface area contributed by atoms with Crippen molar-refractivity contribution in [2.45, 2.75) is 45.8 Å². The maximum atomic E-state index is 13.3. The first-order valence-electron chi connectivity index (χ1n) is 12.7. The molecule has 200 valence electrons. The quantitative estimate of drug-likeness (QED) is 0.253. The lowest BCUT2D eigenvalue weighted by atomic mass is 9.95. The van der Waals surface area contributed by atoms with Crippen molar-refractivity contribution in [3.05, 3.63) is 59.2 Å². The highest BCUT2D eigenvalue weighted by atomic mass is 16.5. The highest BCUT2D eigenvalue weighted by Gasteiger charge is 2.46. The minimum atomic E-state index is -0.761. The lowest BCUT2D eigenvalue weighted by molar-refractivity contribution is -0.139. The molecule has 3 rings (SSSR count). The molecule has 0 bridgehead atoms. The van der Waals surface area contributed by atoms with E-state index >= 15 is 0 Å². The van der Waals surface area contributed by atoms with E-state index in [0.29, 0.717) is 47.9 Å². The number of carbonyl (C=O) groups excluding carboxylic acids is 2. The summed E-state index contributed by atoms with van der Waals surface area (Å²) in [6, 6.07) is 11.4. The number of hydrogen-bond acceptors (Lipinski definition) is 7. The summed E-state index contributed by atoms with van der Waals surface area (Å²) in [6.45, 7) is 7.53. The maximum absolute atomic E-state index is 13.3. The SMILES string of the molecule is CCCOc1ccc(C2C(=C(O)c3ccc(OC(C)C)cc3)C(=O)C(=O)N2CCCN(C)C)cc1OC. The summed E-state index contributed by atoms with van der Waals surface area (Å²) >= 11 is 0. The van der Waals surface area contributed by atoms with Crippen LogP contribution in [0.2, 0.25) is 0 Å². The molecule has 8 heteroatoms. The number of aliphatic hydroxyl groups is 1. The average Bonchev–Trinajstić information content (AvgIpc) is 3.12. The first kappa shape index (κ1) is 28.1. The molecule has 37 heavy (non-hydrogen) atoms. The third-order valence-corrected chi connectivity index (χ3v) is 6.01. The normalized spacial score (nSPS) is 17.1. The van der Waals surface area contributed by atoms with Gasteiger partial charge in [0.1, 0.15) is 11.5 Å². The van der Waals surface area contributed by atoms with Crippen molar-refractivity contribution in [1.29, 1.82) is 0 Å². The molecule has 1 aliphatic rings. The largest absolute Gasteiger partial charge is 0.507 e. The van der Waals surface area contributed by atoms with Gasteiger partial charge in [-0.3, -0.25) is 9.59 Å². The first-order valence-corrected chi connectivity index (χ1v) is 12.7. The molecule has 1 fully saturated rings. The zero-order valence-corrected chi connectivity index (χ0v) is 22.6. The van der Waals surface area contributed by atoms with Crippen LogP contribution >= 0.6 is 0 Å². The van der Waals surface area contributed by atoms with Gasteiger partial charge >= 0.3 is 0 Å². The van der Waals surface area contributed by atoms with Crippen molar-refractivity contribution < 1.29 is 28.9 Å². The molecule has 2 aromatic rings. The van der Waals surface area contributed by atoms with E-state index in [1.54, 1.807) is 43.5 Å². The fourth-order valence-corrected chi connectivity index (χ4v) is 4.32. The van der Waals surface area contributed by atoms with E-state index < -0.39 is 17.7 Å².